The second kappa shape index (κ2) is 7.49. The Morgan fingerprint density at radius 3 is 2.36 bits per heavy atom. The van der Waals surface area contributed by atoms with Crippen LogP contribution in [-0.2, 0) is 22.6 Å². The van der Waals surface area contributed by atoms with Crippen LogP contribution in [0, 0.1) is 0 Å². The van der Waals surface area contributed by atoms with E-state index in [0.717, 1.165) is 16.7 Å². The third-order valence-electron chi connectivity index (χ3n) is 4.67. The Labute approximate surface area is 146 Å². The molecule has 0 saturated heterocycles. The van der Waals surface area contributed by atoms with Crippen molar-refractivity contribution in [3.63, 3.8) is 0 Å². The van der Waals surface area contributed by atoms with Crippen molar-refractivity contribution in [1.82, 2.24) is 4.90 Å². The molecule has 0 aromatic heterocycles. The van der Waals surface area contributed by atoms with Gasteiger partial charge in [0.25, 0.3) is 0 Å². The largest absolute Gasteiger partial charge is 0.480 e. The number of benzene rings is 2. The molecule has 0 fully saturated rings. The number of aliphatic hydroxyl groups is 1. The molecule has 2 atom stereocenters. The van der Waals surface area contributed by atoms with E-state index >= 15 is 0 Å². The van der Waals surface area contributed by atoms with E-state index in [2.05, 4.69) is 0 Å². The lowest BCUT2D eigenvalue weighted by Gasteiger charge is -2.34. The van der Waals surface area contributed by atoms with Gasteiger partial charge in [0.1, 0.15) is 6.04 Å². The molecule has 3 rings (SSSR count). The maximum absolute atomic E-state index is 12.6. The van der Waals surface area contributed by atoms with Crippen LogP contribution in [0.4, 0.5) is 0 Å². The van der Waals surface area contributed by atoms with Crippen molar-refractivity contribution in [3.05, 3.63) is 71.3 Å². The number of carbonyl (C=O) groups is 2. The number of aliphatic carboxylic acids is 1. The molecule has 1 aliphatic heterocycles. The molecule has 1 unspecified atom stereocenters. The molecule has 2 aromatic rings. The van der Waals surface area contributed by atoms with Gasteiger partial charge in [-0.3, -0.25) is 4.79 Å². The molecule has 0 saturated carbocycles. The highest BCUT2D eigenvalue weighted by Gasteiger charge is 2.34. The highest BCUT2D eigenvalue weighted by molar-refractivity contribution is 5.84. The first kappa shape index (κ1) is 17.2. The Hall–Kier alpha value is -2.66. The smallest absolute Gasteiger partial charge is 0.326 e. The number of carboxylic acids is 1. The molecule has 2 aromatic carbocycles. The predicted molar refractivity (Wildman–Crippen MR) is 92.8 cm³/mol. The van der Waals surface area contributed by atoms with Gasteiger partial charge in [-0.15, -0.1) is 0 Å². The summed E-state index contributed by atoms with van der Waals surface area (Å²) in [5.74, 6) is -1.23. The van der Waals surface area contributed by atoms with E-state index in [9.17, 15) is 19.8 Å². The first-order chi connectivity index (χ1) is 12.1. The van der Waals surface area contributed by atoms with Crippen molar-refractivity contribution in [3.8, 4) is 0 Å². The van der Waals surface area contributed by atoms with Gasteiger partial charge >= 0.3 is 5.97 Å². The van der Waals surface area contributed by atoms with E-state index in [1.54, 1.807) is 0 Å². The van der Waals surface area contributed by atoms with Crippen LogP contribution in [0.15, 0.2) is 54.6 Å². The van der Waals surface area contributed by atoms with E-state index < -0.39 is 18.1 Å². The highest BCUT2D eigenvalue weighted by Crippen LogP contribution is 2.25. The monoisotopic (exact) mass is 339 g/mol. The van der Waals surface area contributed by atoms with Gasteiger partial charge in [0, 0.05) is 19.4 Å². The third-order valence-corrected chi connectivity index (χ3v) is 4.67. The minimum Gasteiger partial charge on any atom is -0.480 e. The lowest BCUT2D eigenvalue weighted by molar-refractivity contribution is -0.151. The second-order valence-electron chi connectivity index (χ2n) is 6.31. The fraction of sp³-hybridized carbons (Fsp3) is 0.300. The Balaban J connectivity index is 1.69. The number of aliphatic hydroxyl groups excluding tert-OH is 1. The van der Waals surface area contributed by atoms with Gasteiger partial charge in [-0.2, -0.15) is 0 Å². The van der Waals surface area contributed by atoms with E-state index in [1.807, 2.05) is 54.6 Å². The van der Waals surface area contributed by atoms with Crippen molar-refractivity contribution in [1.29, 1.82) is 0 Å². The lowest BCUT2D eigenvalue weighted by Crippen LogP contribution is -2.48. The number of nitrogens with zero attached hydrogens (tertiary/aromatic N) is 1. The average Bonchev–Trinajstić information content (AvgIpc) is 2.65. The summed E-state index contributed by atoms with van der Waals surface area (Å²) in [6, 6.07) is 15.9. The zero-order valence-corrected chi connectivity index (χ0v) is 13.8. The molecule has 0 bridgehead atoms. The molecule has 0 radical (unpaired) electrons. The minimum atomic E-state index is -0.994. The van der Waals surface area contributed by atoms with Gasteiger partial charge in [0.05, 0.1) is 6.10 Å². The fourth-order valence-electron chi connectivity index (χ4n) is 3.25. The summed E-state index contributed by atoms with van der Waals surface area (Å²) in [5.41, 5.74) is 2.72. The van der Waals surface area contributed by atoms with Gasteiger partial charge in [0.2, 0.25) is 5.91 Å². The predicted octanol–water partition coefficient (Wildman–Crippen LogP) is 2.54. The Morgan fingerprint density at radius 1 is 1.04 bits per heavy atom. The summed E-state index contributed by atoms with van der Waals surface area (Å²) in [7, 11) is 0. The van der Waals surface area contributed by atoms with Gasteiger partial charge < -0.3 is 15.1 Å². The SMILES string of the molecule is O=C(O)[C@@H]1Cc2ccccc2CN1C(=O)CCC(O)c1ccccc1. The van der Waals surface area contributed by atoms with E-state index in [-0.39, 0.29) is 18.7 Å². The number of rotatable bonds is 5. The summed E-state index contributed by atoms with van der Waals surface area (Å²) in [6.07, 6.45) is -0.0288. The molecular formula is C20H21NO4. The quantitative estimate of drug-likeness (QED) is 0.877. The number of carbonyl (C=O) groups excluding carboxylic acids is 1. The molecule has 0 aliphatic carbocycles. The maximum Gasteiger partial charge on any atom is 0.326 e. The van der Waals surface area contributed by atoms with Crippen molar-refractivity contribution in [2.75, 3.05) is 0 Å². The lowest BCUT2D eigenvalue weighted by atomic mass is 9.93. The van der Waals surface area contributed by atoms with E-state index in [1.165, 1.54) is 4.90 Å². The van der Waals surface area contributed by atoms with E-state index in [0.29, 0.717) is 13.0 Å². The number of fused-ring (bicyclic) bond motifs is 1. The summed E-state index contributed by atoms with van der Waals surface area (Å²) in [5, 5.41) is 19.7. The first-order valence-corrected chi connectivity index (χ1v) is 8.38. The Morgan fingerprint density at radius 2 is 1.68 bits per heavy atom. The van der Waals surface area contributed by atoms with Gasteiger partial charge in [-0.1, -0.05) is 54.6 Å². The Kier molecular flexibility index (Phi) is 5.14. The van der Waals surface area contributed by atoms with Crippen molar-refractivity contribution in [2.24, 2.45) is 0 Å². The maximum atomic E-state index is 12.6. The van der Waals surface area contributed by atoms with Crippen LogP contribution in [0.25, 0.3) is 0 Å². The summed E-state index contributed by atoms with van der Waals surface area (Å²) in [6.45, 7) is 0.299. The number of amides is 1. The van der Waals surface area contributed by atoms with Crippen LogP contribution in [-0.4, -0.2) is 33.0 Å². The zero-order chi connectivity index (χ0) is 17.8. The van der Waals surface area contributed by atoms with Crippen LogP contribution in [0.2, 0.25) is 0 Å². The third kappa shape index (κ3) is 3.88. The fourth-order valence-corrected chi connectivity index (χ4v) is 3.25. The first-order valence-electron chi connectivity index (χ1n) is 8.38. The highest BCUT2D eigenvalue weighted by atomic mass is 16.4. The normalized spacial score (nSPS) is 17.6. The van der Waals surface area contributed by atoms with E-state index in [4.69, 9.17) is 0 Å². The molecule has 2 N–H and O–H groups in total. The zero-order valence-electron chi connectivity index (χ0n) is 13.8. The van der Waals surface area contributed by atoms with Crippen molar-refractivity contribution >= 4 is 11.9 Å². The average molecular weight is 339 g/mol. The second-order valence-corrected chi connectivity index (χ2v) is 6.31. The summed E-state index contributed by atoms with van der Waals surface area (Å²) in [4.78, 5) is 25.6. The Bertz CT molecular complexity index is 759. The molecule has 1 aliphatic rings. The van der Waals surface area contributed by atoms with Crippen LogP contribution >= 0.6 is 0 Å². The van der Waals surface area contributed by atoms with Gasteiger partial charge in [-0.05, 0) is 23.1 Å². The number of hydrogen-bond donors (Lipinski definition) is 2. The molecule has 25 heavy (non-hydrogen) atoms. The van der Waals surface area contributed by atoms with Crippen molar-refractivity contribution < 1.29 is 19.8 Å². The molecule has 1 amide bonds. The molecule has 0 spiro atoms. The summed E-state index contributed by atoms with van der Waals surface area (Å²) < 4.78 is 0. The van der Waals surface area contributed by atoms with Crippen LogP contribution in [0.3, 0.4) is 0 Å². The summed E-state index contributed by atoms with van der Waals surface area (Å²) >= 11 is 0. The van der Waals surface area contributed by atoms with Gasteiger partial charge in [-0.25, -0.2) is 4.79 Å². The topological polar surface area (TPSA) is 77.8 Å². The van der Waals surface area contributed by atoms with Crippen LogP contribution in [0.5, 0.6) is 0 Å². The molecule has 5 heteroatoms. The molecule has 130 valence electrons. The van der Waals surface area contributed by atoms with Crippen LogP contribution in [0.1, 0.15) is 35.6 Å². The standard InChI is InChI=1S/C20H21NO4/c22-18(14-6-2-1-3-7-14)10-11-19(23)21-13-16-9-5-4-8-15(16)12-17(21)20(24)25/h1-9,17-18,22H,10-13H2,(H,24,25)/t17-,18?/m0/s1. The number of carboxylic acid groups (broad SMARTS) is 1. The molecular weight excluding hydrogens is 318 g/mol. The van der Waals surface area contributed by atoms with Crippen molar-refractivity contribution in [2.45, 2.75) is 38.0 Å². The molecule has 1 heterocycles. The molecule has 5 nitrogen and oxygen atoms in total. The van der Waals surface area contributed by atoms with Crippen LogP contribution < -0.4 is 0 Å². The number of hydrogen-bond acceptors (Lipinski definition) is 3. The van der Waals surface area contributed by atoms with Gasteiger partial charge in [0.15, 0.2) is 0 Å². The minimum absolute atomic E-state index is 0.113.